The molecule has 0 aliphatic heterocycles. The number of hydrogen-bond acceptors (Lipinski definition) is 5. The highest BCUT2D eigenvalue weighted by Gasteiger charge is 2.06. The van der Waals surface area contributed by atoms with Gasteiger partial charge in [-0.3, -0.25) is 0 Å². The zero-order valence-electron chi connectivity index (χ0n) is 7.68. The van der Waals surface area contributed by atoms with E-state index in [1.54, 1.807) is 23.6 Å². The number of thiophene rings is 1. The van der Waals surface area contributed by atoms with E-state index in [1.807, 2.05) is 17.5 Å². The second-order valence-corrected chi connectivity index (χ2v) is 5.00. The number of nitrogens with two attached hydrogens (primary N) is 1. The van der Waals surface area contributed by atoms with Gasteiger partial charge in [0.05, 0.1) is 21.7 Å². The minimum atomic E-state index is 0.516. The molecule has 2 rings (SSSR count). The molecule has 2 heterocycles. The van der Waals surface area contributed by atoms with Crippen molar-refractivity contribution in [1.82, 2.24) is 4.98 Å². The topological polar surface area (TPSA) is 62.7 Å². The zero-order valence-corrected chi connectivity index (χ0v) is 9.31. The fraction of sp³-hybridized carbons (Fsp3) is 0. The summed E-state index contributed by atoms with van der Waals surface area (Å²) in [7, 11) is 0. The van der Waals surface area contributed by atoms with Gasteiger partial charge in [0.2, 0.25) is 0 Å². The Hall–Kier alpha value is -1.51. The molecule has 3 nitrogen and oxygen atoms in total. The number of rotatable bonds is 2. The van der Waals surface area contributed by atoms with Crippen LogP contribution in [0.15, 0.2) is 39.0 Å². The summed E-state index contributed by atoms with van der Waals surface area (Å²) in [4.78, 5) is 4.15. The van der Waals surface area contributed by atoms with E-state index in [1.165, 1.54) is 11.8 Å². The molecule has 0 aliphatic rings. The van der Waals surface area contributed by atoms with E-state index in [9.17, 15) is 0 Å². The first-order chi connectivity index (χ1) is 7.29. The van der Waals surface area contributed by atoms with Gasteiger partial charge in [-0.2, -0.15) is 5.26 Å². The van der Waals surface area contributed by atoms with E-state index in [0.29, 0.717) is 16.3 Å². The summed E-state index contributed by atoms with van der Waals surface area (Å²) in [5, 5.41) is 11.6. The van der Waals surface area contributed by atoms with E-state index in [0.717, 1.165) is 4.21 Å². The summed E-state index contributed by atoms with van der Waals surface area (Å²) >= 11 is 3.11. The average molecular weight is 233 g/mol. The first-order valence-corrected chi connectivity index (χ1v) is 5.86. The van der Waals surface area contributed by atoms with E-state index in [4.69, 9.17) is 11.0 Å². The van der Waals surface area contributed by atoms with E-state index in [2.05, 4.69) is 11.1 Å². The highest BCUT2D eigenvalue weighted by atomic mass is 32.2. The van der Waals surface area contributed by atoms with Gasteiger partial charge in [-0.25, -0.2) is 4.98 Å². The van der Waals surface area contributed by atoms with Crippen LogP contribution < -0.4 is 5.73 Å². The number of anilines is 1. The summed E-state index contributed by atoms with van der Waals surface area (Å²) in [6.45, 7) is 0. The van der Waals surface area contributed by atoms with Crippen LogP contribution in [0.5, 0.6) is 0 Å². The molecule has 0 saturated carbocycles. The molecule has 0 aromatic carbocycles. The maximum atomic E-state index is 8.92. The average Bonchev–Trinajstić information content (AvgIpc) is 2.73. The van der Waals surface area contributed by atoms with Crippen LogP contribution >= 0.6 is 23.1 Å². The largest absolute Gasteiger partial charge is 0.397 e. The molecule has 0 aliphatic carbocycles. The third-order valence-corrected chi connectivity index (χ3v) is 3.74. The molecule has 15 heavy (non-hydrogen) atoms. The molecule has 0 bridgehead atoms. The number of aromatic nitrogens is 1. The predicted octanol–water partition coefficient (Wildman–Crippen LogP) is 2.75. The molecule has 2 aromatic heterocycles. The third-order valence-electron chi connectivity index (χ3n) is 1.69. The fourth-order valence-electron chi connectivity index (χ4n) is 1.05. The molecule has 2 aromatic rings. The summed E-state index contributed by atoms with van der Waals surface area (Å²) in [6, 6.07) is 7.70. The van der Waals surface area contributed by atoms with Crippen LogP contribution in [-0.2, 0) is 0 Å². The van der Waals surface area contributed by atoms with Crippen LogP contribution in [0.2, 0.25) is 0 Å². The molecule has 0 spiro atoms. The lowest BCUT2D eigenvalue weighted by molar-refractivity contribution is 1.12. The Labute approximate surface area is 95.6 Å². The van der Waals surface area contributed by atoms with E-state index >= 15 is 0 Å². The monoisotopic (exact) mass is 233 g/mol. The van der Waals surface area contributed by atoms with Crippen molar-refractivity contribution in [2.45, 2.75) is 9.24 Å². The van der Waals surface area contributed by atoms with Gasteiger partial charge in [0.25, 0.3) is 0 Å². The molecule has 0 amide bonds. The molecule has 0 unspecified atom stereocenters. The second-order valence-electron chi connectivity index (χ2n) is 2.77. The van der Waals surface area contributed by atoms with Crippen molar-refractivity contribution in [2.75, 3.05) is 5.73 Å². The van der Waals surface area contributed by atoms with Gasteiger partial charge in [0, 0.05) is 0 Å². The number of nitrogen functional groups attached to an aromatic ring is 1. The van der Waals surface area contributed by atoms with Crippen LogP contribution in [-0.4, -0.2) is 4.98 Å². The van der Waals surface area contributed by atoms with Crippen molar-refractivity contribution >= 4 is 28.8 Å². The summed E-state index contributed by atoms with van der Waals surface area (Å²) in [5.41, 5.74) is 6.59. The standard InChI is InChI=1S/C10H7N3S2/c11-5-7-4-8(12)6-13-10(7)15-9-2-1-3-14-9/h1-4,6H,12H2. The van der Waals surface area contributed by atoms with Gasteiger partial charge in [-0.1, -0.05) is 17.8 Å². The second kappa shape index (κ2) is 4.34. The minimum absolute atomic E-state index is 0.516. The Morgan fingerprint density at radius 3 is 3.07 bits per heavy atom. The lowest BCUT2D eigenvalue weighted by atomic mass is 10.3. The van der Waals surface area contributed by atoms with Gasteiger partial charge in [-0.05, 0) is 17.5 Å². The van der Waals surface area contributed by atoms with Crippen molar-refractivity contribution < 1.29 is 0 Å². The molecule has 0 atom stereocenters. The molecule has 0 fully saturated rings. The smallest absolute Gasteiger partial charge is 0.119 e. The maximum absolute atomic E-state index is 8.92. The first kappa shape index (κ1) is 10.0. The van der Waals surface area contributed by atoms with Crippen molar-refractivity contribution in [3.05, 3.63) is 35.3 Å². The van der Waals surface area contributed by atoms with Crippen LogP contribution in [0.1, 0.15) is 5.56 Å². The Bertz CT molecular complexity index is 500. The van der Waals surface area contributed by atoms with Gasteiger partial charge in [0.1, 0.15) is 11.1 Å². The van der Waals surface area contributed by atoms with Crippen LogP contribution in [0, 0.1) is 11.3 Å². The summed E-state index contributed by atoms with van der Waals surface area (Å²) in [5.74, 6) is 0. The number of nitriles is 1. The van der Waals surface area contributed by atoms with Crippen molar-refractivity contribution in [1.29, 1.82) is 5.26 Å². The minimum Gasteiger partial charge on any atom is -0.397 e. The normalized spacial score (nSPS) is 9.80. The molecular formula is C10H7N3S2. The maximum Gasteiger partial charge on any atom is 0.119 e. The molecule has 74 valence electrons. The lowest BCUT2D eigenvalue weighted by Gasteiger charge is -2.01. The molecule has 5 heteroatoms. The number of hydrogen-bond donors (Lipinski definition) is 1. The van der Waals surface area contributed by atoms with Crippen LogP contribution in [0.3, 0.4) is 0 Å². The quantitative estimate of drug-likeness (QED) is 0.866. The zero-order chi connectivity index (χ0) is 10.7. The first-order valence-electron chi connectivity index (χ1n) is 4.16. The van der Waals surface area contributed by atoms with Gasteiger partial charge < -0.3 is 5.73 Å². The molecular weight excluding hydrogens is 226 g/mol. The van der Waals surface area contributed by atoms with Crippen molar-refractivity contribution in [3.63, 3.8) is 0 Å². The van der Waals surface area contributed by atoms with E-state index < -0.39 is 0 Å². The van der Waals surface area contributed by atoms with E-state index in [-0.39, 0.29) is 0 Å². The van der Waals surface area contributed by atoms with Gasteiger partial charge >= 0.3 is 0 Å². The van der Waals surface area contributed by atoms with Crippen LogP contribution in [0.25, 0.3) is 0 Å². The van der Waals surface area contributed by atoms with Crippen molar-refractivity contribution in [2.24, 2.45) is 0 Å². The third kappa shape index (κ3) is 2.29. The SMILES string of the molecule is N#Cc1cc(N)cnc1Sc1cccs1. The highest BCUT2D eigenvalue weighted by molar-refractivity contribution is 8.01. The Morgan fingerprint density at radius 2 is 2.40 bits per heavy atom. The highest BCUT2D eigenvalue weighted by Crippen LogP contribution is 2.32. The number of pyridine rings is 1. The van der Waals surface area contributed by atoms with Crippen LogP contribution in [0.4, 0.5) is 5.69 Å². The Kier molecular flexibility index (Phi) is 2.90. The molecule has 0 saturated heterocycles. The predicted molar refractivity (Wildman–Crippen MR) is 61.8 cm³/mol. The number of nitrogens with zero attached hydrogens (tertiary/aromatic N) is 2. The van der Waals surface area contributed by atoms with Gasteiger partial charge in [0.15, 0.2) is 0 Å². The summed E-state index contributed by atoms with van der Waals surface area (Å²) in [6.07, 6.45) is 1.57. The Morgan fingerprint density at radius 1 is 1.53 bits per heavy atom. The molecule has 2 N–H and O–H groups in total. The van der Waals surface area contributed by atoms with Gasteiger partial charge in [-0.15, -0.1) is 11.3 Å². The Balaban J connectivity index is 2.33. The fourth-order valence-corrected chi connectivity index (χ4v) is 2.75. The lowest BCUT2D eigenvalue weighted by Crippen LogP contribution is -1.91. The summed E-state index contributed by atoms with van der Waals surface area (Å²) < 4.78 is 1.11. The molecule has 0 radical (unpaired) electrons. The van der Waals surface area contributed by atoms with Crippen molar-refractivity contribution in [3.8, 4) is 6.07 Å².